The maximum atomic E-state index is 13.5. The van der Waals surface area contributed by atoms with Crippen LogP contribution >= 0.6 is 0 Å². The Bertz CT molecular complexity index is 1250. The average Bonchev–Trinajstić information content (AvgIpc) is 2.94. The molecule has 2 aromatic heterocycles. The van der Waals surface area contributed by atoms with Crippen LogP contribution in [0.25, 0.3) is 11.0 Å². The van der Waals surface area contributed by atoms with Crippen molar-refractivity contribution in [2.45, 2.75) is 59.2 Å². The number of rotatable bonds is 5. The lowest BCUT2D eigenvalue weighted by atomic mass is 10.2. The van der Waals surface area contributed by atoms with E-state index in [1.54, 1.807) is 28.6 Å². The van der Waals surface area contributed by atoms with Gasteiger partial charge in [0.2, 0.25) is 5.91 Å². The molecule has 3 aromatic rings. The summed E-state index contributed by atoms with van der Waals surface area (Å²) in [6.45, 7) is 5.26. The zero-order chi connectivity index (χ0) is 22.8. The highest BCUT2D eigenvalue weighted by Crippen LogP contribution is 2.16. The molecule has 32 heavy (non-hydrogen) atoms. The van der Waals surface area contributed by atoms with E-state index in [0.29, 0.717) is 41.9 Å². The molecule has 1 aliphatic heterocycles. The molecule has 0 aliphatic carbocycles. The molecule has 1 aromatic carbocycles. The van der Waals surface area contributed by atoms with Gasteiger partial charge in [-0.05, 0) is 44.4 Å². The smallest absolute Gasteiger partial charge is 0.332 e. The fourth-order valence-corrected chi connectivity index (χ4v) is 4.41. The summed E-state index contributed by atoms with van der Waals surface area (Å²) >= 11 is 0. The minimum Gasteiger partial charge on any atom is -0.341 e. The van der Waals surface area contributed by atoms with Gasteiger partial charge in [-0.25, -0.2) is 9.18 Å². The van der Waals surface area contributed by atoms with E-state index in [-0.39, 0.29) is 19.0 Å². The second-order valence-corrected chi connectivity index (χ2v) is 8.28. The van der Waals surface area contributed by atoms with Crippen LogP contribution in [0.15, 0.2) is 33.9 Å². The Balaban J connectivity index is 1.84. The first kappa shape index (κ1) is 22.0. The third-order valence-corrected chi connectivity index (χ3v) is 6.08. The van der Waals surface area contributed by atoms with Crippen molar-refractivity contribution in [1.82, 2.24) is 23.8 Å². The molecule has 0 unspecified atom stereocenters. The fraction of sp³-hybridized carbons (Fsp3) is 0.478. The number of aromatic nitrogens is 4. The van der Waals surface area contributed by atoms with Gasteiger partial charge in [0.25, 0.3) is 5.56 Å². The number of halogens is 1. The molecule has 1 aliphatic rings. The number of carbonyl (C=O) groups is 1. The summed E-state index contributed by atoms with van der Waals surface area (Å²) in [7, 11) is 0. The van der Waals surface area contributed by atoms with E-state index >= 15 is 0 Å². The van der Waals surface area contributed by atoms with Crippen LogP contribution in [0.2, 0.25) is 0 Å². The summed E-state index contributed by atoms with van der Waals surface area (Å²) in [6.07, 6.45) is 4.09. The quantitative estimate of drug-likeness (QED) is 0.608. The molecule has 0 atom stereocenters. The van der Waals surface area contributed by atoms with Crippen molar-refractivity contribution in [1.29, 1.82) is 0 Å². The SMILES string of the molecule is CCn1nc(C)c2c1c(=O)n(Cc1ccc(F)cc1)c(=O)n2CC(=O)N1CCCCCC1. The van der Waals surface area contributed by atoms with Crippen LogP contribution in [0.4, 0.5) is 4.39 Å². The first-order chi connectivity index (χ1) is 15.4. The molecule has 3 heterocycles. The van der Waals surface area contributed by atoms with Gasteiger partial charge in [-0.1, -0.05) is 25.0 Å². The number of amides is 1. The van der Waals surface area contributed by atoms with Crippen LogP contribution in [-0.4, -0.2) is 42.8 Å². The second kappa shape index (κ2) is 9.10. The van der Waals surface area contributed by atoms with Crippen molar-refractivity contribution < 1.29 is 9.18 Å². The first-order valence-electron chi connectivity index (χ1n) is 11.1. The third kappa shape index (κ3) is 4.11. The lowest BCUT2D eigenvalue weighted by Gasteiger charge is -2.21. The van der Waals surface area contributed by atoms with E-state index < -0.39 is 17.1 Å². The van der Waals surface area contributed by atoms with Crippen molar-refractivity contribution in [2.75, 3.05) is 13.1 Å². The van der Waals surface area contributed by atoms with Gasteiger partial charge < -0.3 is 4.90 Å². The summed E-state index contributed by atoms with van der Waals surface area (Å²) < 4.78 is 17.4. The van der Waals surface area contributed by atoms with Crippen LogP contribution in [0.1, 0.15) is 43.9 Å². The van der Waals surface area contributed by atoms with Crippen LogP contribution in [0, 0.1) is 12.7 Å². The topological polar surface area (TPSA) is 82.1 Å². The molecule has 0 N–H and O–H groups in total. The number of aryl methyl sites for hydroxylation is 2. The number of carbonyl (C=O) groups excluding carboxylic acids is 1. The standard InChI is InChI=1S/C23H28FN5O3/c1-3-29-21-20(16(2)25-29)27(15-19(30)26-12-6-4-5-7-13-26)23(32)28(22(21)31)14-17-8-10-18(24)11-9-17/h8-11H,3-7,12-15H2,1-2H3. The highest BCUT2D eigenvalue weighted by atomic mass is 19.1. The molecular formula is C23H28FN5O3. The van der Waals surface area contributed by atoms with Crippen LogP contribution in [-0.2, 0) is 24.4 Å². The van der Waals surface area contributed by atoms with Gasteiger partial charge in [-0.15, -0.1) is 0 Å². The first-order valence-corrected chi connectivity index (χ1v) is 11.1. The van der Waals surface area contributed by atoms with Crippen molar-refractivity contribution >= 4 is 16.9 Å². The van der Waals surface area contributed by atoms with Crippen LogP contribution in [0.5, 0.6) is 0 Å². The molecule has 0 radical (unpaired) electrons. The predicted molar refractivity (Wildman–Crippen MR) is 119 cm³/mol. The Kier molecular flexibility index (Phi) is 6.25. The summed E-state index contributed by atoms with van der Waals surface area (Å²) in [5.74, 6) is -0.525. The molecule has 8 nitrogen and oxygen atoms in total. The van der Waals surface area contributed by atoms with Gasteiger partial charge in [0.05, 0.1) is 12.2 Å². The van der Waals surface area contributed by atoms with E-state index in [2.05, 4.69) is 5.10 Å². The number of nitrogens with zero attached hydrogens (tertiary/aromatic N) is 5. The van der Waals surface area contributed by atoms with Gasteiger partial charge >= 0.3 is 5.69 Å². The maximum Gasteiger partial charge on any atom is 0.332 e. The Morgan fingerprint density at radius 1 is 1.00 bits per heavy atom. The summed E-state index contributed by atoms with van der Waals surface area (Å²) in [4.78, 5) is 41.7. The largest absolute Gasteiger partial charge is 0.341 e. The van der Waals surface area contributed by atoms with Gasteiger partial charge in [0.1, 0.15) is 17.9 Å². The normalized spacial score (nSPS) is 14.7. The van der Waals surface area contributed by atoms with E-state index in [0.717, 1.165) is 30.3 Å². The van der Waals surface area contributed by atoms with Gasteiger partial charge in [0.15, 0.2) is 5.52 Å². The lowest BCUT2D eigenvalue weighted by molar-refractivity contribution is -0.131. The van der Waals surface area contributed by atoms with E-state index in [1.807, 2.05) is 6.92 Å². The Morgan fingerprint density at radius 2 is 1.66 bits per heavy atom. The zero-order valence-corrected chi connectivity index (χ0v) is 18.5. The molecular weight excluding hydrogens is 413 g/mol. The third-order valence-electron chi connectivity index (χ3n) is 6.08. The van der Waals surface area contributed by atoms with E-state index in [9.17, 15) is 18.8 Å². The summed E-state index contributed by atoms with van der Waals surface area (Å²) in [6, 6.07) is 5.67. The molecule has 9 heteroatoms. The minimum absolute atomic E-state index is 0.0142. The van der Waals surface area contributed by atoms with E-state index in [1.165, 1.54) is 16.7 Å². The van der Waals surface area contributed by atoms with Crippen molar-refractivity contribution in [3.63, 3.8) is 0 Å². The fourth-order valence-electron chi connectivity index (χ4n) is 4.41. The van der Waals surface area contributed by atoms with Crippen molar-refractivity contribution in [3.8, 4) is 0 Å². The molecule has 1 amide bonds. The zero-order valence-electron chi connectivity index (χ0n) is 18.5. The summed E-state index contributed by atoms with van der Waals surface area (Å²) in [5.41, 5.74) is 0.836. The molecule has 1 fully saturated rings. The average molecular weight is 442 g/mol. The predicted octanol–water partition coefficient (Wildman–Crippen LogP) is 2.28. The highest BCUT2D eigenvalue weighted by Gasteiger charge is 2.23. The molecule has 170 valence electrons. The molecule has 1 saturated heterocycles. The number of likely N-dealkylation sites (tertiary alicyclic amines) is 1. The molecule has 4 rings (SSSR count). The number of hydrogen-bond donors (Lipinski definition) is 0. The Labute approximate surface area is 184 Å². The number of fused-ring (bicyclic) bond motifs is 1. The highest BCUT2D eigenvalue weighted by molar-refractivity contribution is 5.81. The monoisotopic (exact) mass is 441 g/mol. The molecule has 0 saturated carbocycles. The van der Waals surface area contributed by atoms with Gasteiger partial charge in [-0.2, -0.15) is 5.10 Å². The lowest BCUT2D eigenvalue weighted by Crippen LogP contribution is -2.44. The number of hydrogen-bond acceptors (Lipinski definition) is 4. The van der Waals surface area contributed by atoms with Crippen molar-refractivity contribution in [2.24, 2.45) is 0 Å². The van der Waals surface area contributed by atoms with Gasteiger partial charge in [0, 0.05) is 19.6 Å². The van der Waals surface area contributed by atoms with Crippen molar-refractivity contribution in [3.05, 3.63) is 62.2 Å². The number of benzene rings is 1. The maximum absolute atomic E-state index is 13.5. The van der Waals surface area contributed by atoms with Crippen LogP contribution < -0.4 is 11.2 Å². The van der Waals surface area contributed by atoms with Crippen LogP contribution in [0.3, 0.4) is 0 Å². The Morgan fingerprint density at radius 3 is 2.28 bits per heavy atom. The molecule has 0 bridgehead atoms. The Hall–Kier alpha value is -3.23. The van der Waals surface area contributed by atoms with E-state index in [4.69, 9.17) is 0 Å². The minimum atomic E-state index is -0.561. The summed E-state index contributed by atoms with van der Waals surface area (Å²) in [5, 5.41) is 4.43. The second-order valence-electron chi connectivity index (χ2n) is 8.28. The molecule has 0 spiro atoms. The van der Waals surface area contributed by atoms with Gasteiger partial charge in [-0.3, -0.25) is 23.4 Å².